The SMILES string of the molecule is Cc1cccn2c(=O)c(/C=C3/SC(=S)N(C(C)C)C3=O)c(N3CCN(c4cccc(Cl)c4)CC3)nc12. The van der Waals surface area contributed by atoms with E-state index in [1.54, 1.807) is 21.6 Å². The van der Waals surface area contributed by atoms with Gasteiger partial charge >= 0.3 is 0 Å². The molecular formula is C26H26ClN5O2S2. The minimum absolute atomic E-state index is 0.0547. The maximum absolute atomic E-state index is 13.7. The Morgan fingerprint density at radius 1 is 1.08 bits per heavy atom. The minimum Gasteiger partial charge on any atom is -0.368 e. The Balaban J connectivity index is 1.55. The van der Waals surface area contributed by atoms with Crippen molar-refractivity contribution in [3.8, 4) is 0 Å². The quantitative estimate of drug-likeness (QED) is 0.355. The maximum Gasteiger partial charge on any atom is 0.267 e. The Kier molecular flexibility index (Phi) is 6.80. The van der Waals surface area contributed by atoms with Crippen molar-refractivity contribution in [1.29, 1.82) is 0 Å². The van der Waals surface area contributed by atoms with Gasteiger partial charge in [0.05, 0.1) is 10.5 Å². The van der Waals surface area contributed by atoms with Crippen LogP contribution in [0.4, 0.5) is 11.5 Å². The van der Waals surface area contributed by atoms with E-state index in [0.29, 0.717) is 44.4 Å². The molecule has 0 N–H and O–H groups in total. The number of anilines is 2. The van der Waals surface area contributed by atoms with Crippen LogP contribution in [-0.2, 0) is 4.79 Å². The zero-order valence-electron chi connectivity index (χ0n) is 20.3. The third kappa shape index (κ3) is 4.51. The van der Waals surface area contributed by atoms with Crippen molar-refractivity contribution in [3.63, 3.8) is 0 Å². The number of fused-ring (bicyclic) bond motifs is 1. The minimum atomic E-state index is -0.203. The summed E-state index contributed by atoms with van der Waals surface area (Å²) in [6.45, 7) is 8.65. The molecule has 3 aromatic rings. The third-order valence-electron chi connectivity index (χ3n) is 6.43. The number of rotatable bonds is 4. The smallest absolute Gasteiger partial charge is 0.267 e. The number of halogens is 1. The molecule has 0 saturated carbocycles. The molecule has 2 aromatic heterocycles. The highest BCUT2D eigenvalue weighted by Crippen LogP contribution is 2.35. The van der Waals surface area contributed by atoms with E-state index in [0.717, 1.165) is 24.3 Å². The lowest BCUT2D eigenvalue weighted by atomic mass is 10.2. The van der Waals surface area contributed by atoms with Gasteiger partial charge in [0, 0.05) is 49.1 Å². The molecule has 1 aromatic carbocycles. The van der Waals surface area contributed by atoms with Crippen molar-refractivity contribution >= 4 is 69.0 Å². The van der Waals surface area contributed by atoms with Gasteiger partial charge in [-0.2, -0.15) is 0 Å². The molecule has 1 amide bonds. The van der Waals surface area contributed by atoms with Crippen LogP contribution < -0.4 is 15.4 Å². The normalized spacial score (nSPS) is 17.8. The van der Waals surface area contributed by atoms with Crippen molar-refractivity contribution in [2.45, 2.75) is 26.8 Å². The Hall–Kier alpha value is -2.88. The number of nitrogens with zero attached hydrogens (tertiary/aromatic N) is 5. The van der Waals surface area contributed by atoms with Crippen LogP contribution in [-0.4, -0.2) is 56.7 Å². The first-order valence-corrected chi connectivity index (χ1v) is 13.4. The number of hydrogen-bond donors (Lipinski definition) is 0. The third-order valence-corrected chi connectivity index (χ3v) is 8.00. The Morgan fingerprint density at radius 3 is 2.47 bits per heavy atom. The largest absolute Gasteiger partial charge is 0.368 e. The molecule has 10 heteroatoms. The molecule has 0 atom stereocenters. The highest BCUT2D eigenvalue weighted by atomic mass is 35.5. The number of pyridine rings is 1. The fourth-order valence-electron chi connectivity index (χ4n) is 4.57. The number of carbonyl (C=O) groups is 1. The Bertz CT molecular complexity index is 1460. The van der Waals surface area contributed by atoms with Crippen LogP contribution in [0.2, 0.25) is 5.02 Å². The van der Waals surface area contributed by atoms with Crippen molar-refractivity contribution in [3.05, 3.63) is 74.0 Å². The number of carbonyl (C=O) groups excluding carboxylic acids is 1. The molecule has 186 valence electrons. The van der Waals surface area contributed by atoms with Gasteiger partial charge in [0.25, 0.3) is 11.5 Å². The highest BCUT2D eigenvalue weighted by Gasteiger charge is 2.34. The van der Waals surface area contributed by atoms with Gasteiger partial charge in [-0.15, -0.1) is 0 Å². The van der Waals surface area contributed by atoms with E-state index < -0.39 is 0 Å². The van der Waals surface area contributed by atoms with Gasteiger partial charge in [-0.3, -0.25) is 18.9 Å². The van der Waals surface area contributed by atoms with Crippen LogP contribution in [0, 0.1) is 6.92 Å². The van der Waals surface area contributed by atoms with Gasteiger partial charge in [-0.05, 0) is 56.7 Å². The average Bonchev–Trinajstić information content (AvgIpc) is 3.14. The van der Waals surface area contributed by atoms with E-state index in [4.69, 9.17) is 28.8 Å². The predicted molar refractivity (Wildman–Crippen MR) is 152 cm³/mol. The summed E-state index contributed by atoms with van der Waals surface area (Å²) >= 11 is 12.9. The summed E-state index contributed by atoms with van der Waals surface area (Å²) < 4.78 is 2.05. The van der Waals surface area contributed by atoms with Gasteiger partial charge in [-0.25, -0.2) is 4.98 Å². The zero-order valence-corrected chi connectivity index (χ0v) is 22.7. The lowest BCUT2D eigenvalue weighted by Crippen LogP contribution is -2.47. The molecular weight excluding hydrogens is 514 g/mol. The van der Waals surface area contributed by atoms with Crippen molar-refractivity contribution < 1.29 is 4.79 Å². The number of benzene rings is 1. The van der Waals surface area contributed by atoms with E-state index in [-0.39, 0.29) is 17.5 Å². The molecule has 36 heavy (non-hydrogen) atoms. The fourth-order valence-corrected chi connectivity index (χ4v) is 6.26. The van der Waals surface area contributed by atoms with Gasteiger partial charge in [0.1, 0.15) is 15.8 Å². The molecule has 0 spiro atoms. The van der Waals surface area contributed by atoms with Crippen LogP contribution in [0.3, 0.4) is 0 Å². The summed E-state index contributed by atoms with van der Waals surface area (Å²) in [5.74, 6) is 0.417. The second kappa shape index (κ2) is 9.88. The van der Waals surface area contributed by atoms with Gasteiger partial charge < -0.3 is 9.80 Å². The zero-order chi connectivity index (χ0) is 25.6. The molecule has 0 unspecified atom stereocenters. The summed E-state index contributed by atoms with van der Waals surface area (Å²) in [4.78, 5) is 38.2. The second-order valence-corrected chi connectivity index (χ2v) is 11.3. The number of thiocarbonyl (C=S) groups is 1. The lowest BCUT2D eigenvalue weighted by Gasteiger charge is -2.37. The van der Waals surface area contributed by atoms with Crippen molar-refractivity contribution in [2.24, 2.45) is 0 Å². The molecule has 5 rings (SSSR count). The van der Waals surface area contributed by atoms with E-state index in [2.05, 4.69) is 9.80 Å². The number of aryl methyl sites for hydroxylation is 1. The first-order valence-electron chi connectivity index (χ1n) is 11.8. The lowest BCUT2D eigenvalue weighted by molar-refractivity contribution is -0.123. The molecule has 2 aliphatic rings. The second-order valence-electron chi connectivity index (χ2n) is 9.14. The standard InChI is InChI=1S/C26H26ClN5O2S2/c1-16(2)32-25(34)21(36-26(32)35)15-20-23(28-22-17(3)6-5-9-31(22)24(20)33)30-12-10-29(11-13-30)19-8-4-7-18(27)14-19/h4-9,14-16H,10-13H2,1-3H3/b21-15+. The number of thioether (sulfide) groups is 1. The first-order chi connectivity index (χ1) is 17.2. The summed E-state index contributed by atoms with van der Waals surface area (Å²) in [6.07, 6.45) is 3.39. The van der Waals surface area contributed by atoms with Gasteiger partial charge in [-0.1, -0.05) is 47.7 Å². The number of hydrogen-bond acceptors (Lipinski definition) is 7. The van der Waals surface area contributed by atoms with Crippen LogP contribution in [0.15, 0.2) is 52.3 Å². The maximum atomic E-state index is 13.7. The van der Waals surface area contributed by atoms with Crippen molar-refractivity contribution in [2.75, 3.05) is 36.0 Å². The van der Waals surface area contributed by atoms with E-state index in [1.165, 1.54) is 11.8 Å². The number of piperazine rings is 1. The Morgan fingerprint density at radius 2 is 1.81 bits per heavy atom. The van der Waals surface area contributed by atoms with Crippen LogP contribution in [0.25, 0.3) is 11.7 Å². The topological polar surface area (TPSA) is 61.2 Å². The average molecular weight is 540 g/mol. The molecule has 4 heterocycles. The molecule has 2 fully saturated rings. The molecule has 7 nitrogen and oxygen atoms in total. The number of aromatic nitrogens is 2. The molecule has 0 bridgehead atoms. The fraction of sp³-hybridized carbons (Fsp3) is 0.308. The summed E-state index contributed by atoms with van der Waals surface area (Å²) in [5.41, 5.74) is 2.79. The first kappa shape index (κ1) is 24.8. The summed E-state index contributed by atoms with van der Waals surface area (Å²) in [6, 6.07) is 11.5. The van der Waals surface area contributed by atoms with E-state index in [1.807, 2.05) is 57.2 Å². The van der Waals surface area contributed by atoms with Gasteiger partial charge in [0.15, 0.2) is 0 Å². The highest BCUT2D eigenvalue weighted by molar-refractivity contribution is 8.26. The van der Waals surface area contributed by atoms with Crippen LogP contribution >= 0.6 is 35.6 Å². The number of amides is 1. The van der Waals surface area contributed by atoms with Crippen molar-refractivity contribution in [1.82, 2.24) is 14.3 Å². The summed E-state index contributed by atoms with van der Waals surface area (Å²) in [5, 5.41) is 0.704. The molecule has 0 aliphatic carbocycles. The van der Waals surface area contributed by atoms with E-state index in [9.17, 15) is 9.59 Å². The molecule has 0 radical (unpaired) electrons. The molecule has 2 saturated heterocycles. The summed E-state index contributed by atoms with van der Waals surface area (Å²) in [7, 11) is 0. The predicted octanol–water partition coefficient (Wildman–Crippen LogP) is 4.59. The van der Waals surface area contributed by atoms with Gasteiger partial charge in [0.2, 0.25) is 0 Å². The Labute approximate surface area is 224 Å². The molecule has 2 aliphatic heterocycles. The van der Waals surface area contributed by atoms with E-state index >= 15 is 0 Å². The van der Waals surface area contributed by atoms with Crippen LogP contribution in [0.1, 0.15) is 25.0 Å². The van der Waals surface area contributed by atoms with Crippen LogP contribution in [0.5, 0.6) is 0 Å². The monoisotopic (exact) mass is 539 g/mol.